The van der Waals surface area contributed by atoms with Crippen LogP contribution in [-0.4, -0.2) is 39.6 Å². The Morgan fingerprint density at radius 3 is 2.70 bits per heavy atom. The van der Waals surface area contributed by atoms with Gasteiger partial charge in [-0.2, -0.15) is 0 Å². The molecular formula is C28H30F3NO5. The minimum Gasteiger partial charge on any atom is -0.395 e. The Labute approximate surface area is 232 Å². The maximum atomic E-state index is 16.0. The van der Waals surface area contributed by atoms with Crippen molar-refractivity contribution in [3.63, 3.8) is 0 Å². The smallest absolute Gasteiger partial charge is 0.395 e. The van der Waals surface area contributed by atoms with Gasteiger partial charge in [0.1, 0.15) is 11.6 Å². The number of halogens is 3. The van der Waals surface area contributed by atoms with E-state index >= 15 is 4.39 Å². The van der Waals surface area contributed by atoms with Crippen molar-refractivity contribution in [1.29, 1.82) is 0 Å². The second-order valence-corrected chi connectivity index (χ2v) is 8.75. The monoisotopic (exact) mass is 531 g/mol. The number of alkyl halides is 2. The molecule has 0 saturated heterocycles. The Hall–Kier alpha value is -3.04. The molecule has 1 aliphatic carbocycles. The zero-order valence-electron chi connectivity index (χ0n) is 33.4. The van der Waals surface area contributed by atoms with Gasteiger partial charge in [-0.25, -0.2) is 4.39 Å². The molecule has 1 saturated carbocycles. The van der Waals surface area contributed by atoms with Crippen molar-refractivity contribution >= 4 is 16.7 Å². The van der Waals surface area contributed by atoms with Crippen LogP contribution in [0.4, 0.5) is 13.2 Å². The van der Waals surface area contributed by atoms with Gasteiger partial charge >= 0.3 is 6.29 Å². The maximum absolute atomic E-state index is 16.0. The molecule has 0 bridgehead atoms. The first-order chi connectivity index (χ1) is 22.9. The molecule has 0 spiro atoms. The third-order valence-corrected chi connectivity index (χ3v) is 6.14. The Balaban J connectivity index is 1.74. The van der Waals surface area contributed by atoms with E-state index in [-0.39, 0.29) is 5.39 Å². The van der Waals surface area contributed by atoms with Crippen LogP contribution in [-0.2, 0) is 28.5 Å². The van der Waals surface area contributed by atoms with Crippen LogP contribution < -0.4 is 9.47 Å². The van der Waals surface area contributed by atoms with Crippen LogP contribution in [0.3, 0.4) is 0 Å². The molecule has 2 N–H and O–H groups in total. The molecule has 198 valence electrons. The van der Waals surface area contributed by atoms with Gasteiger partial charge in [-0.1, -0.05) is 26.7 Å². The summed E-state index contributed by atoms with van der Waals surface area (Å²) in [5.74, 6) is -5.08. The molecule has 3 aromatic rings. The normalized spacial score (nSPS) is 28.9. The number of Topliss-reactive ketones (excluding diaryl/α,β-unsaturated/α-hetero) is 1. The van der Waals surface area contributed by atoms with E-state index < -0.39 is 132 Å². The summed E-state index contributed by atoms with van der Waals surface area (Å²) in [7, 11) is 0. The van der Waals surface area contributed by atoms with E-state index in [1.165, 1.54) is 0 Å². The van der Waals surface area contributed by atoms with E-state index in [1.54, 1.807) is 0 Å². The number of hydrogen-bond acceptors (Lipinski definition) is 5. The summed E-state index contributed by atoms with van der Waals surface area (Å²) in [5, 5.41) is 19.8. The van der Waals surface area contributed by atoms with Crippen LogP contribution in [0.5, 0.6) is 11.5 Å². The first kappa shape index (κ1) is 13.7. The number of carbonyl (C=O) groups is 1. The fourth-order valence-electron chi connectivity index (χ4n) is 3.98. The highest BCUT2D eigenvalue weighted by Gasteiger charge is 2.52. The summed E-state index contributed by atoms with van der Waals surface area (Å²) in [6, 6.07) is -1.17. The highest BCUT2D eigenvalue weighted by molar-refractivity contribution is 5.95. The number of ketones is 1. The van der Waals surface area contributed by atoms with Gasteiger partial charge in [0.15, 0.2) is 11.5 Å². The predicted octanol–water partition coefficient (Wildman–Crippen LogP) is 4.99. The summed E-state index contributed by atoms with van der Waals surface area (Å²) < 4.78 is 170. The summed E-state index contributed by atoms with van der Waals surface area (Å²) in [5.41, 5.74) is -8.58. The summed E-state index contributed by atoms with van der Waals surface area (Å²) in [6.45, 7) is -5.66. The molecule has 5 rings (SSSR count). The van der Waals surface area contributed by atoms with Crippen molar-refractivity contribution in [2.75, 3.05) is 6.61 Å². The molecular weight excluding hydrogens is 487 g/mol. The van der Waals surface area contributed by atoms with E-state index in [1.807, 2.05) is 0 Å². The van der Waals surface area contributed by atoms with E-state index in [9.17, 15) is 23.8 Å². The third kappa shape index (κ3) is 4.48. The topological polar surface area (TPSA) is 80.9 Å². The van der Waals surface area contributed by atoms with Gasteiger partial charge in [0.25, 0.3) is 0 Å². The molecule has 1 unspecified atom stereocenters. The highest BCUT2D eigenvalue weighted by Crippen LogP contribution is 2.52. The van der Waals surface area contributed by atoms with Crippen molar-refractivity contribution in [2.24, 2.45) is 0 Å². The fourth-order valence-corrected chi connectivity index (χ4v) is 3.98. The molecule has 0 radical (unpaired) electrons. The van der Waals surface area contributed by atoms with Gasteiger partial charge < -0.3 is 24.3 Å². The van der Waals surface area contributed by atoms with Gasteiger partial charge in [-0.3, -0.25) is 4.79 Å². The third-order valence-electron chi connectivity index (χ3n) is 6.14. The number of nitrogens with zero attached hydrogens (tertiary/aromatic N) is 1. The number of ether oxygens (including phenoxy) is 2. The first-order valence-electron chi connectivity index (χ1n) is 18.0. The van der Waals surface area contributed by atoms with E-state index in [0.717, 1.165) is 26.0 Å². The summed E-state index contributed by atoms with van der Waals surface area (Å²) in [4.78, 5) is 14.1. The van der Waals surface area contributed by atoms with Crippen LogP contribution in [0.2, 0.25) is 0 Å². The number of benzene rings is 2. The fraction of sp³-hybridized carbons (Fsp3) is 0.464. The van der Waals surface area contributed by atoms with Crippen molar-refractivity contribution < 1.29 is 56.8 Å². The Bertz CT molecular complexity index is 1950. The second kappa shape index (κ2) is 8.77. The molecule has 1 aliphatic heterocycles. The standard InChI is InChI=1S/C28H30F3NO5/c1-4-26(2,3)24-10-17-9-16(20(29)13-21(17)32(24)14-19(34)15-33)11-25(35)27(7-8-27)18-5-6-22-23(12-18)37-28(30,31)36-22/h5-6,9-10,12-13,19,33-34H,4,7-8,11,14-15H2,1-3H3/t19-/m1/s1/i2D3,4D2,5D,6D,7D2,8D2,12D,14D2/t19-,26?. The zero-order valence-corrected chi connectivity index (χ0v) is 19.4. The predicted molar refractivity (Wildman–Crippen MR) is 131 cm³/mol. The Morgan fingerprint density at radius 1 is 1.32 bits per heavy atom. The van der Waals surface area contributed by atoms with Crippen molar-refractivity contribution in [3.05, 3.63) is 59.0 Å². The van der Waals surface area contributed by atoms with Crippen molar-refractivity contribution in [2.45, 2.75) is 76.0 Å². The number of hydrogen-bond donors (Lipinski definition) is 2. The van der Waals surface area contributed by atoms with Gasteiger partial charge in [0.05, 0.1) is 37.0 Å². The zero-order chi connectivity index (χ0) is 39.0. The molecule has 6 nitrogen and oxygen atoms in total. The molecule has 1 fully saturated rings. The van der Waals surface area contributed by atoms with Crippen LogP contribution in [0.25, 0.3) is 10.9 Å². The number of fused-ring (bicyclic) bond motifs is 2. The van der Waals surface area contributed by atoms with Crippen LogP contribution in [0, 0.1) is 5.82 Å². The molecule has 1 aromatic heterocycles. The minimum atomic E-state index is -4.42. The van der Waals surface area contributed by atoms with Crippen LogP contribution in [0.15, 0.2) is 36.3 Å². The van der Waals surface area contributed by atoms with Crippen molar-refractivity contribution in [3.8, 4) is 11.5 Å². The lowest BCUT2D eigenvalue weighted by atomic mass is 9.86. The summed E-state index contributed by atoms with van der Waals surface area (Å²) >= 11 is 0. The van der Waals surface area contributed by atoms with Crippen LogP contribution in [0.1, 0.15) is 75.8 Å². The molecule has 2 aliphatic rings. The van der Waals surface area contributed by atoms with Crippen molar-refractivity contribution in [1.82, 2.24) is 4.57 Å². The molecule has 2 atom stereocenters. The Kier molecular flexibility index (Phi) is 3.24. The Morgan fingerprint density at radius 2 is 2.05 bits per heavy atom. The quantitative estimate of drug-likeness (QED) is 0.407. The molecule has 0 amide bonds. The maximum Gasteiger partial charge on any atom is 0.586 e. The molecule has 37 heavy (non-hydrogen) atoms. The van der Waals surface area contributed by atoms with Gasteiger partial charge in [-0.15, -0.1) is 8.78 Å². The first-order valence-corrected chi connectivity index (χ1v) is 11.0. The molecule has 2 heterocycles. The van der Waals surface area contributed by atoms with Crippen LogP contribution >= 0.6 is 0 Å². The number of aliphatic hydroxyl groups excluding tert-OH is 2. The van der Waals surface area contributed by atoms with Gasteiger partial charge in [0.2, 0.25) is 0 Å². The largest absolute Gasteiger partial charge is 0.586 e. The lowest BCUT2D eigenvalue weighted by Crippen LogP contribution is -2.26. The lowest BCUT2D eigenvalue weighted by molar-refractivity contribution is -0.286. The van der Waals surface area contributed by atoms with E-state index in [0.29, 0.717) is 10.6 Å². The number of carbonyl (C=O) groups excluding carboxylic acids is 1. The SMILES string of the molecule is [2H]c1c([2H])c(C2(C(=O)Cc3cc4cc(C(C)(C([2H])([2H])[2H])C([2H])([2H])C)n(C([2H])([2H])[C@@H](O)CO)c4cc3F)C([2H])([2H])C2([2H])[2H])c([2H])c2c1OC(F)(F)O2. The number of aliphatic hydroxyl groups is 2. The average molecular weight is 532 g/mol. The molecule has 2 aromatic carbocycles. The lowest BCUT2D eigenvalue weighted by Gasteiger charge is -2.26. The van der Waals surface area contributed by atoms with Gasteiger partial charge in [0, 0.05) is 35.3 Å². The molecule has 9 heteroatoms. The average Bonchev–Trinajstić information content (AvgIpc) is 3.33. The second-order valence-electron chi connectivity index (χ2n) is 8.75. The van der Waals surface area contributed by atoms with E-state index in [4.69, 9.17) is 19.2 Å². The number of aromatic nitrogens is 1. The minimum absolute atomic E-state index is 0.236. The number of rotatable bonds is 9. The van der Waals surface area contributed by atoms with Gasteiger partial charge in [-0.05, 0) is 60.5 Å². The van der Waals surface area contributed by atoms with E-state index in [2.05, 4.69) is 9.47 Å². The summed E-state index contributed by atoms with van der Waals surface area (Å²) in [6.07, 6.45) is -17.0. The highest BCUT2D eigenvalue weighted by atomic mass is 19.3.